The van der Waals surface area contributed by atoms with Gasteiger partial charge in [0.1, 0.15) is 0 Å². The van der Waals surface area contributed by atoms with Crippen molar-refractivity contribution in [1.82, 2.24) is 4.98 Å². The molecule has 0 aliphatic rings. The van der Waals surface area contributed by atoms with Crippen molar-refractivity contribution in [2.24, 2.45) is 0 Å². The average Bonchev–Trinajstić information content (AvgIpc) is 2.34. The molecule has 0 unspecified atom stereocenters. The summed E-state index contributed by atoms with van der Waals surface area (Å²) < 4.78 is 0. The van der Waals surface area contributed by atoms with Crippen LogP contribution in [0.25, 0.3) is 0 Å². The average molecular weight is 282 g/mol. The number of amides is 1. The van der Waals surface area contributed by atoms with Crippen LogP contribution in [0.2, 0.25) is 10.0 Å². The quantitative estimate of drug-likeness (QED) is 0.888. The number of pyridine rings is 1. The first-order valence-electron chi connectivity index (χ1n) is 5.04. The van der Waals surface area contributed by atoms with Gasteiger partial charge in [-0.15, -0.1) is 0 Å². The molecule has 3 N–H and O–H groups in total. The Kier molecular flexibility index (Phi) is 3.69. The topological polar surface area (TPSA) is 68.0 Å². The number of nitrogens with two attached hydrogens (primary N) is 1. The predicted molar refractivity (Wildman–Crippen MR) is 73.1 cm³/mol. The highest BCUT2D eigenvalue weighted by atomic mass is 35.5. The van der Waals surface area contributed by atoms with Crippen molar-refractivity contribution >= 4 is 40.5 Å². The molecular formula is C12H9Cl2N3O. The Morgan fingerprint density at radius 3 is 2.78 bits per heavy atom. The van der Waals surface area contributed by atoms with Gasteiger partial charge in [-0.1, -0.05) is 23.2 Å². The van der Waals surface area contributed by atoms with Crippen molar-refractivity contribution in [2.75, 3.05) is 11.1 Å². The van der Waals surface area contributed by atoms with Gasteiger partial charge in [-0.05, 0) is 24.3 Å². The first-order chi connectivity index (χ1) is 8.58. The molecule has 92 valence electrons. The van der Waals surface area contributed by atoms with Gasteiger partial charge in [0.2, 0.25) is 0 Å². The van der Waals surface area contributed by atoms with Crippen LogP contribution >= 0.6 is 23.2 Å². The molecule has 0 radical (unpaired) electrons. The molecule has 0 saturated heterocycles. The number of benzene rings is 1. The molecule has 0 atom stereocenters. The maximum Gasteiger partial charge on any atom is 0.257 e. The van der Waals surface area contributed by atoms with Crippen molar-refractivity contribution in [3.8, 4) is 0 Å². The minimum Gasteiger partial charge on any atom is -0.397 e. The fourth-order valence-corrected chi connectivity index (χ4v) is 1.73. The van der Waals surface area contributed by atoms with Crippen LogP contribution in [-0.4, -0.2) is 10.9 Å². The van der Waals surface area contributed by atoms with E-state index in [1.165, 1.54) is 18.5 Å². The lowest BCUT2D eigenvalue weighted by atomic mass is 10.2. The highest BCUT2D eigenvalue weighted by Crippen LogP contribution is 2.26. The number of hydrogen-bond donors (Lipinski definition) is 2. The lowest BCUT2D eigenvalue weighted by Crippen LogP contribution is -2.14. The lowest BCUT2D eigenvalue weighted by molar-refractivity contribution is 0.102. The Balaban J connectivity index is 2.27. The summed E-state index contributed by atoms with van der Waals surface area (Å²) in [5, 5.41) is 3.53. The van der Waals surface area contributed by atoms with Crippen LogP contribution in [0.3, 0.4) is 0 Å². The highest BCUT2D eigenvalue weighted by molar-refractivity contribution is 6.36. The van der Waals surface area contributed by atoms with Crippen LogP contribution in [-0.2, 0) is 0 Å². The van der Waals surface area contributed by atoms with Crippen LogP contribution in [0.1, 0.15) is 10.4 Å². The molecule has 0 spiro atoms. The zero-order valence-corrected chi connectivity index (χ0v) is 10.7. The Bertz CT molecular complexity index is 602. The first kappa shape index (κ1) is 12.7. The van der Waals surface area contributed by atoms with E-state index in [1.54, 1.807) is 18.2 Å². The van der Waals surface area contributed by atoms with Crippen LogP contribution in [0, 0.1) is 0 Å². The molecule has 18 heavy (non-hydrogen) atoms. The minimum absolute atomic E-state index is 0.299. The van der Waals surface area contributed by atoms with Gasteiger partial charge < -0.3 is 11.1 Å². The Morgan fingerprint density at radius 1 is 1.28 bits per heavy atom. The van der Waals surface area contributed by atoms with Crippen molar-refractivity contribution in [1.29, 1.82) is 0 Å². The largest absolute Gasteiger partial charge is 0.397 e. The molecule has 0 bridgehead atoms. The molecule has 2 rings (SSSR count). The van der Waals surface area contributed by atoms with Crippen LogP contribution in [0.5, 0.6) is 0 Å². The van der Waals surface area contributed by atoms with Crippen LogP contribution < -0.4 is 11.1 Å². The van der Waals surface area contributed by atoms with Crippen molar-refractivity contribution in [3.63, 3.8) is 0 Å². The van der Waals surface area contributed by atoms with E-state index in [-0.39, 0.29) is 5.91 Å². The number of nitrogens with zero attached hydrogens (tertiary/aromatic N) is 1. The molecule has 0 aliphatic heterocycles. The van der Waals surface area contributed by atoms with E-state index >= 15 is 0 Å². The summed E-state index contributed by atoms with van der Waals surface area (Å²) >= 11 is 11.8. The van der Waals surface area contributed by atoms with Crippen molar-refractivity contribution in [2.45, 2.75) is 0 Å². The zero-order chi connectivity index (χ0) is 13.1. The first-order valence-corrected chi connectivity index (χ1v) is 5.79. The number of hydrogen-bond acceptors (Lipinski definition) is 3. The fourth-order valence-electron chi connectivity index (χ4n) is 1.40. The van der Waals surface area contributed by atoms with Gasteiger partial charge in [0.05, 0.1) is 28.2 Å². The monoisotopic (exact) mass is 281 g/mol. The molecule has 4 nitrogen and oxygen atoms in total. The minimum atomic E-state index is -0.362. The van der Waals surface area contributed by atoms with E-state index in [0.29, 0.717) is 27.0 Å². The predicted octanol–water partition coefficient (Wildman–Crippen LogP) is 3.22. The smallest absolute Gasteiger partial charge is 0.257 e. The Labute approximate surface area is 114 Å². The number of aromatic nitrogens is 1. The molecule has 1 heterocycles. The molecule has 6 heteroatoms. The summed E-state index contributed by atoms with van der Waals surface area (Å²) in [4.78, 5) is 15.8. The van der Waals surface area contributed by atoms with Crippen molar-refractivity contribution < 1.29 is 4.79 Å². The molecule has 0 aliphatic carbocycles. The maximum atomic E-state index is 12.0. The SMILES string of the molecule is Nc1cnccc1C(=O)Nc1cc(Cl)ccc1Cl. The third-order valence-corrected chi connectivity index (χ3v) is 2.84. The van der Waals surface area contributed by atoms with Gasteiger partial charge in [0.25, 0.3) is 5.91 Å². The number of carbonyl (C=O) groups is 1. The van der Waals surface area contributed by atoms with E-state index in [1.807, 2.05) is 0 Å². The normalized spacial score (nSPS) is 10.1. The molecule has 1 aromatic carbocycles. The van der Waals surface area contributed by atoms with Gasteiger partial charge in [-0.3, -0.25) is 9.78 Å². The van der Waals surface area contributed by atoms with E-state index in [2.05, 4.69) is 10.3 Å². The summed E-state index contributed by atoms with van der Waals surface area (Å²) in [6.07, 6.45) is 2.90. The molecule has 0 saturated carbocycles. The summed E-state index contributed by atoms with van der Waals surface area (Å²) in [5.41, 5.74) is 6.73. The molecular weight excluding hydrogens is 273 g/mol. The summed E-state index contributed by atoms with van der Waals surface area (Å²) in [5.74, 6) is -0.362. The summed E-state index contributed by atoms with van der Waals surface area (Å²) in [6.45, 7) is 0. The Hall–Kier alpha value is -1.78. The van der Waals surface area contributed by atoms with Crippen molar-refractivity contribution in [3.05, 3.63) is 52.3 Å². The van der Waals surface area contributed by atoms with E-state index in [0.717, 1.165) is 0 Å². The number of anilines is 2. The second kappa shape index (κ2) is 5.25. The number of halogens is 2. The summed E-state index contributed by atoms with van der Waals surface area (Å²) in [6, 6.07) is 6.35. The number of rotatable bonds is 2. The second-order valence-corrected chi connectivity index (χ2v) is 4.38. The van der Waals surface area contributed by atoms with Gasteiger partial charge >= 0.3 is 0 Å². The Morgan fingerprint density at radius 2 is 2.06 bits per heavy atom. The van der Waals surface area contributed by atoms with E-state index < -0.39 is 0 Å². The van der Waals surface area contributed by atoms with E-state index in [4.69, 9.17) is 28.9 Å². The third-order valence-electron chi connectivity index (χ3n) is 2.27. The molecule has 1 aromatic heterocycles. The maximum absolute atomic E-state index is 12.0. The van der Waals surface area contributed by atoms with Gasteiger partial charge in [-0.2, -0.15) is 0 Å². The second-order valence-electron chi connectivity index (χ2n) is 3.54. The fraction of sp³-hybridized carbons (Fsp3) is 0. The standard InChI is InChI=1S/C12H9Cl2N3O/c13-7-1-2-9(14)11(5-7)17-12(18)8-3-4-16-6-10(8)15/h1-6H,15H2,(H,17,18). The van der Waals surface area contributed by atoms with Crippen LogP contribution in [0.15, 0.2) is 36.7 Å². The number of nitrogens with one attached hydrogen (secondary N) is 1. The molecule has 2 aromatic rings. The van der Waals surface area contributed by atoms with Gasteiger partial charge in [0.15, 0.2) is 0 Å². The zero-order valence-electron chi connectivity index (χ0n) is 9.15. The number of nitrogen functional groups attached to an aromatic ring is 1. The molecule has 0 fully saturated rings. The third kappa shape index (κ3) is 2.72. The van der Waals surface area contributed by atoms with Gasteiger partial charge in [-0.25, -0.2) is 0 Å². The number of carbonyl (C=O) groups excluding carboxylic acids is 1. The van der Waals surface area contributed by atoms with E-state index in [9.17, 15) is 4.79 Å². The van der Waals surface area contributed by atoms with Crippen LogP contribution in [0.4, 0.5) is 11.4 Å². The summed E-state index contributed by atoms with van der Waals surface area (Å²) in [7, 11) is 0. The molecule has 1 amide bonds. The van der Waals surface area contributed by atoms with Gasteiger partial charge in [0, 0.05) is 11.2 Å². The lowest BCUT2D eigenvalue weighted by Gasteiger charge is -2.08. The highest BCUT2D eigenvalue weighted by Gasteiger charge is 2.11.